The Morgan fingerprint density at radius 1 is 1.15 bits per heavy atom. The van der Waals surface area contributed by atoms with E-state index in [1.165, 1.54) is 12.4 Å². The SMILES string of the molecule is Cc1nc(S(=O)[O-])ccc1Oc1ncnc(OC2C[C@@H]3CC[C@@H](C2)N3C(=O)OC(C)C)c1C. The highest BCUT2D eigenvalue weighted by atomic mass is 32.2. The van der Waals surface area contributed by atoms with Crippen LogP contribution in [0.1, 0.15) is 50.8 Å². The Morgan fingerprint density at radius 3 is 2.42 bits per heavy atom. The average molecular weight is 476 g/mol. The van der Waals surface area contributed by atoms with Gasteiger partial charge in [0.05, 0.1) is 17.4 Å². The maximum atomic E-state index is 12.5. The zero-order valence-electron chi connectivity index (χ0n) is 19.0. The predicted octanol–water partition coefficient (Wildman–Crippen LogP) is 3.44. The number of hydrogen-bond acceptors (Lipinski definition) is 9. The van der Waals surface area contributed by atoms with Crippen molar-refractivity contribution in [3.63, 3.8) is 0 Å². The minimum Gasteiger partial charge on any atom is -0.767 e. The maximum absolute atomic E-state index is 12.5. The molecule has 11 heteroatoms. The van der Waals surface area contributed by atoms with Gasteiger partial charge in [-0.1, -0.05) is 0 Å². The molecule has 4 rings (SSSR count). The highest BCUT2D eigenvalue weighted by Gasteiger charge is 2.45. The lowest BCUT2D eigenvalue weighted by molar-refractivity contribution is 0.0206. The fourth-order valence-electron chi connectivity index (χ4n) is 4.41. The van der Waals surface area contributed by atoms with Crippen LogP contribution in [0.4, 0.5) is 4.79 Å². The maximum Gasteiger partial charge on any atom is 0.410 e. The van der Waals surface area contributed by atoms with Crippen molar-refractivity contribution in [2.24, 2.45) is 0 Å². The first-order valence-electron chi connectivity index (χ1n) is 10.9. The molecule has 0 saturated carbocycles. The molecule has 1 unspecified atom stereocenters. The van der Waals surface area contributed by atoms with E-state index in [0.29, 0.717) is 41.6 Å². The number of ether oxygens (including phenoxy) is 3. The first-order chi connectivity index (χ1) is 15.7. The summed E-state index contributed by atoms with van der Waals surface area (Å²) in [6.07, 6.45) is 4.18. The first-order valence-corrected chi connectivity index (χ1v) is 12.0. The van der Waals surface area contributed by atoms with Gasteiger partial charge in [-0.25, -0.2) is 19.7 Å². The Bertz CT molecular complexity index is 1050. The number of carbonyl (C=O) groups is 1. The minimum absolute atomic E-state index is 0.0541. The molecule has 2 fully saturated rings. The van der Waals surface area contributed by atoms with Crippen molar-refractivity contribution in [1.29, 1.82) is 0 Å². The second-order valence-electron chi connectivity index (χ2n) is 8.61. The molecule has 0 aliphatic carbocycles. The number of pyridine rings is 1. The molecular formula is C22H27N4O6S-. The molecular weight excluding hydrogens is 448 g/mol. The fraction of sp³-hybridized carbons (Fsp3) is 0.545. The van der Waals surface area contributed by atoms with E-state index in [-0.39, 0.29) is 35.4 Å². The lowest BCUT2D eigenvalue weighted by Gasteiger charge is -2.38. The van der Waals surface area contributed by atoms with Gasteiger partial charge in [-0.15, -0.1) is 0 Å². The number of amides is 1. The third-order valence-corrected chi connectivity index (χ3v) is 6.47. The highest BCUT2D eigenvalue weighted by molar-refractivity contribution is 7.79. The normalized spacial score (nSPS) is 22.8. The van der Waals surface area contributed by atoms with E-state index in [0.717, 1.165) is 12.8 Å². The number of fused-ring (bicyclic) bond motifs is 2. The predicted molar refractivity (Wildman–Crippen MR) is 117 cm³/mol. The van der Waals surface area contributed by atoms with Gasteiger partial charge in [-0.05, 0) is 63.7 Å². The molecule has 2 saturated heterocycles. The summed E-state index contributed by atoms with van der Waals surface area (Å²) in [5, 5.41) is -0.0541. The van der Waals surface area contributed by atoms with Crippen LogP contribution in [0.15, 0.2) is 23.5 Å². The molecule has 2 aromatic heterocycles. The molecule has 2 bridgehead atoms. The number of hydrogen-bond donors (Lipinski definition) is 0. The van der Waals surface area contributed by atoms with Gasteiger partial charge >= 0.3 is 6.09 Å². The van der Waals surface area contributed by atoms with E-state index >= 15 is 0 Å². The largest absolute Gasteiger partial charge is 0.767 e. The lowest BCUT2D eigenvalue weighted by atomic mass is 10.0. The fourth-order valence-corrected chi connectivity index (χ4v) is 4.80. The molecule has 178 valence electrons. The molecule has 33 heavy (non-hydrogen) atoms. The molecule has 0 spiro atoms. The van der Waals surface area contributed by atoms with E-state index < -0.39 is 11.1 Å². The Labute approximate surface area is 195 Å². The van der Waals surface area contributed by atoms with E-state index in [9.17, 15) is 13.6 Å². The second kappa shape index (κ2) is 9.60. The monoisotopic (exact) mass is 475 g/mol. The molecule has 4 heterocycles. The van der Waals surface area contributed by atoms with Gasteiger partial charge in [0.15, 0.2) is 5.75 Å². The van der Waals surface area contributed by atoms with Gasteiger partial charge in [0.25, 0.3) is 0 Å². The molecule has 0 radical (unpaired) electrons. The molecule has 2 aromatic rings. The molecule has 2 aliphatic heterocycles. The summed E-state index contributed by atoms with van der Waals surface area (Å²) in [5.74, 6) is 1.12. The van der Waals surface area contributed by atoms with E-state index in [2.05, 4.69) is 15.0 Å². The van der Waals surface area contributed by atoms with Gasteiger partial charge < -0.3 is 23.7 Å². The van der Waals surface area contributed by atoms with Crippen LogP contribution in [-0.4, -0.2) is 59.0 Å². The second-order valence-corrected chi connectivity index (χ2v) is 9.50. The lowest BCUT2D eigenvalue weighted by Crippen LogP contribution is -2.50. The molecule has 1 amide bonds. The van der Waals surface area contributed by atoms with Crippen LogP contribution in [0.25, 0.3) is 0 Å². The summed E-state index contributed by atoms with van der Waals surface area (Å²) in [6.45, 7) is 7.17. The third-order valence-electron chi connectivity index (χ3n) is 5.90. The molecule has 2 aliphatic rings. The van der Waals surface area contributed by atoms with Gasteiger partial charge in [-0.2, -0.15) is 0 Å². The summed E-state index contributed by atoms with van der Waals surface area (Å²) in [6, 6.07) is 3.10. The number of aromatic nitrogens is 3. The van der Waals surface area contributed by atoms with Crippen LogP contribution in [0.5, 0.6) is 17.5 Å². The van der Waals surface area contributed by atoms with Gasteiger partial charge in [-0.3, -0.25) is 4.21 Å². The summed E-state index contributed by atoms with van der Waals surface area (Å²) in [5.41, 5.74) is 1.05. The van der Waals surface area contributed by atoms with Crippen molar-refractivity contribution in [3.8, 4) is 17.5 Å². The summed E-state index contributed by atoms with van der Waals surface area (Å²) in [7, 11) is 0. The smallest absolute Gasteiger partial charge is 0.410 e. The average Bonchev–Trinajstić information content (AvgIpc) is 3.02. The highest BCUT2D eigenvalue weighted by Crippen LogP contribution is 2.38. The zero-order valence-corrected chi connectivity index (χ0v) is 19.8. The van der Waals surface area contributed by atoms with Crippen molar-refractivity contribution in [2.45, 2.75) is 82.7 Å². The van der Waals surface area contributed by atoms with Crippen molar-refractivity contribution < 1.29 is 27.8 Å². The number of carbonyl (C=O) groups excluding carboxylic acids is 1. The van der Waals surface area contributed by atoms with Gasteiger partial charge in [0, 0.05) is 24.9 Å². The number of aryl methyl sites for hydroxylation is 1. The van der Waals surface area contributed by atoms with Gasteiger partial charge in [0.1, 0.15) is 17.5 Å². The van der Waals surface area contributed by atoms with Crippen LogP contribution < -0.4 is 9.47 Å². The number of rotatable bonds is 6. The Balaban J connectivity index is 1.45. The third kappa shape index (κ3) is 5.09. The molecule has 0 N–H and O–H groups in total. The van der Waals surface area contributed by atoms with Crippen LogP contribution in [0.3, 0.4) is 0 Å². The van der Waals surface area contributed by atoms with E-state index in [1.807, 2.05) is 18.7 Å². The number of piperidine rings is 1. The van der Waals surface area contributed by atoms with Gasteiger partial charge in [0.2, 0.25) is 11.8 Å². The van der Waals surface area contributed by atoms with Crippen molar-refractivity contribution in [1.82, 2.24) is 19.9 Å². The summed E-state index contributed by atoms with van der Waals surface area (Å²) < 4.78 is 39.7. The van der Waals surface area contributed by atoms with E-state index in [4.69, 9.17) is 14.2 Å². The zero-order chi connectivity index (χ0) is 23.7. The number of nitrogens with zero attached hydrogens (tertiary/aromatic N) is 4. The van der Waals surface area contributed by atoms with Crippen LogP contribution in [0, 0.1) is 13.8 Å². The quantitative estimate of drug-likeness (QED) is 0.577. The van der Waals surface area contributed by atoms with Crippen LogP contribution in [0.2, 0.25) is 0 Å². The topological polar surface area (TPSA) is 127 Å². The van der Waals surface area contributed by atoms with Crippen molar-refractivity contribution in [2.75, 3.05) is 0 Å². The molecule has 3 atom stereocenters. The van der Waals surface area contributed by atoms with Crippen LogP contribution >= 0.6 is 0 Å². The van der Waals surface area contributed by atoms with Crippen LogP contribution in [-0.2, 0) is 15.8 Å². The standard InChI is InChI=1S/C22H28N4O6S/c1-12(2)30-22(27)26-15-5-6-16(26)10-17(9-15)31-20-13(3)21(24-11-23-20)32-18-7-8-19(33(28)29)25-14(18)4/h7-8,11-12,15-17H,5-6,9-10H2,1-4H3,(H,28,29)/p-1/t15-,16-/m0/s1. The molecule has 0 aromatic carbocycles. The first kappa shape index (κ1) is 23.4. The summed E-state index contributed by atoms with van der Waals surface area (Å²) >= 11 is -2.41. The van der Waals surface area contributed by atoms with Crippen molar-refractivity contribution in [3.05, 3.63) is 29.7 Å². The molecule has 10 nitrogen and oxygen atoms in total. The van der Waals surface area contributed by atoms with Crippen molar-refractivity contribution >= 4 is 17.2 Å². The Hall–Kier alpha value is -2.79. The Morgan fingerprint density at radius 2 is 1.82 bits per heavy atom. The Kier molecular flexibility index (Phi) is 6.80. The summed E-state index contributed by atoms with van der Waals surface area (Å²) in [4.78, 5) is 26.9. The minimum atomic E-state index is -2.41. The van der Waals surface area contributed by atoms with E-state index in [1.54, 1.807) is 19.9 Å².